The Kier molecular flexibility index (Phi) is 11.5. The first kappa shape index (κ1) is 33.1. The van der Waals surface area contributed by atoms with Gasteiger partial charge in [0.2, 0.25) is 5.91 Å². The lowest BCUT2D eigenvalue weighted by atomic mass is 10.1. The molecule has 1 atom stereocenters. The molecule has 3 N–H and O–H groups in total. The van der Waals surface area contributed by atoms with Gasteiger partial charge in [-0.25, -0.2) is 0 Å². The van der Waals surface area contributed by atoms with Gasteiger partial charge in [-0.05, 0) is 84.8 Å². The van der Waals surface area contributed by atoms with Crippen molar-refractivity contribution in [2.45, 2.75) is 17.1 Å². The lowest BCUT2D eigenvalue weighted by Crippen LogP contribution is -2.30. The van der Waals surface area contributed by atoms with Gasteiger partial charge in [0, 0.05) is 26.9 Å². The van der Waals surface area contributed by atoms with Crippen LogP contribution >= 0.6 is 23.4 Å². The highest BCUT2D eigenvalue weighted by atomic mass is 35.5. The van der Waals surface area contributed by atoms with Gasteiger partial charge >= 0.3 is 0 Å². The van der Waals surface area contributed by atoms with Gasteiger partial charge in [-0.2, -0.15) is 0 Å². The molecule has 0 spiro atoms. The highest BCUT2D eigenvalue weighted by Crippen LogP contribution is 2.37. The van der Waals surface area contributed by atoms with Gasteiger partial charge in [0.05, 0.1) is 6.61 Å². The zero-order valence-electron chi connectivity index (χ0n) is 25.5. The molecule has 7 nitrogen and oxygen atoms in total. The van der Waals surface area contributed by atoms with Gasteiger partial charge in [0.25, 0.3) is 11.8 Å². The maximum Gasteiger partial charge on any atom is 0.272 e. The minimum absolute atomic E-state index is 0.0594. The van der Waals surface area contributed by atoms with Crippen molar-refractivity contribution >= 4 is 58.5 Å². The summed E-state index contributed by atoms with van der Waals surface area (Å²) in [6, 6.07) is 39.5. The molecular weight excluding hydrogens is 630 g/mol. The largest absolute Gasteiger partial charge is 0.494 e. The molecule has 47 heavy (non-hydrogen) atoms. The van der Waals surface area contributed by atoms with Crippen LogP contribution in [0.3, 0.4) is 0 Å². The molecular formula is C38H32ClN3O4S. The molecule has 0 aliphatic carbocycles. The maximum atomic E-state index is 13.6. The molecule has 0 radical (unpaired) electrons. The molecule has 0 aromatic heterocycles. The van der Waals surface area contributed by atoms with Crippen molar-refractivity contribution in [1.29, 1.82) is 0 Å². The van der Waals surface area contributed by atoms with Crippen LogP contribution in [0.1, 0.15) is 33.7 Å². The van der Waals surface area contributed by atoms with Crippen LogP contribution in [0.4, 0.5) is 11.4 Å². The second-order valence-electron chi connectivity index (χ2n) is 10.3. The molecule has 0 heterocycles. The highest BCUT2D eigenvalue weighted by Gasteiger charge is 2.23. The van der Waals surface area contributed by atoms with Crippen LogP contribution in [-0.4, -0.2) is 24.3 Å². The van der Waals surface area contributed by atoms with Gasteiger partial charge in [0.15, 0.2) is 0 Å². The summed E-state index contributed by atoms with van der Waals surface area (Å²) in [4.78, 5) is 41.0. The first-order valence-electron chi connectivity index (χ1n) is 14.9. The normalized spacial score (nSPS) is 11.7. The zero-order chi connectivity index (χ0) is 33.0. The standard InChI is InChI=1S/C38H32ClN3O4S/c1-2-46-32-21-19-26(20-22-32)23-34(42-36(43)28-13-7-4-8-14-28)37(44)40-31-17-10-18-33(25-31)47-35(27-11-5-3-6-12-27)38(45)41-30-16-9-15-29(39)24-30/h3-25,35H,2H2,1H3,(H,40,44)(H,41,45)(H,42,43)/b34-23+. The predicted octanol–water partition coefficient (Wildman–Crippen LogP) is 8.62. The molecule has 3 amide bonds. The number of hydrogen-bond acceptors (Lipinski definition) is 5. The van der Waals surface area contributed by atoms with Crippen LogP contribution in [0.2, 0.25) is 5.02 Å². The summed E-state index contributed by atoms with van der Waals surface area (Å²) >= 11 is 7.48. The number of benzene rings is 5. The zero-order valence-corrected chi connectivity index (χ0v) is 27.1. The average Bonchev–Trinajstić information content (AvgIpc) is 3.08. The van der Waals surface area contributed by atoms with E-state index >= 15 is 0 Å². The molecule has 0 aliphatic rings. The van der Waals surface area contributed by atoms with Crippen molar-refractivity contribution in [3.8, 4) is 5.75 Å². The second kappa shape index (κ2) is 16.3. The van der Waals surface area contributed by atoms with Crippen LogP contribution in [0, 0.1) is 0 Å². The summed E-state index contributed by atoms with van der Waals surface area (Å²) in [5.41, 5.74) is 3.08. The number of ether oxygens (including phenoxy) is 1. The number of rotatable bonds is 12. The molecule has 0 fully saturated rings. The third-order valence-electron chi connectivity index (χ3n) is 6.81. The Morgan fingerprint density at radius 1 is 0.766 bits per heavy atom. The first-order chi connectivity index (χ1) is 22.9. The van der Waals surface area contributed by atoms with E-state index in [-0.39, 0.29) is 11.6 Å². The van der Waals surface area contributed by atoms with E-state index in [0.29, 0.717) is 39.9 Å². The van der Waals surface area contributed by atoms with Crippen LogP contribution in [0.15, 0.2) is 144 Å². The first-order valence-corrected chi connectivity index (χ1v) is 16.1. The van der Waals surface area contributed by atoms with Crippen molar-refractivity contribution in [1.82, 2.24) is 5.32 Å². The molecule has 0 saturated carbocycles. The van der Waals surface area contributed by atoms with E-state index in [1.165, 1.54) is 11.8 Å². The van der Waals surface area contributed by atoms with Gasteiger partial charge in [-0.1, -0.05) is 84.4 Å². The smallest absolute Gasteiger partial charge is 0.272 e. The Morgan fingerprint density at radius 3 is 2.11 bits per heavy atom. The fourth-order valence-corrected chi connectivity index (χ4v) is 5.87. The number of thioether (sulfide) groups is 1. The number of anilines is 2. The number of hydrogen-bond donors (Lipinski definition) is 3. The minimum atomic E-state index is -0.596. The molecule has 0 saturated heterocycles. The number of carbonyl (C=O) groups is 3. The van der Waals surface area contributed by atoms with Crippen molar-refractivity contribution < 1.29 is 19.1 Å². The third-order valence-corrected chi connectivity index (χ3v) is 8.29. The van der Waals surface area contributed by atoms with Crippen molar-refractivity contribution in [2.24, 2.45) is 0 Å². The maximum absolute atomic E-state index is 13.6. The highest BCUT2D eigenvalue weighted by molar-refractivity contribution is 8.00. The third kappa shape index (κ3) is 9.59. The number of halogens is 1. The monoisotopic (exact) mass is 661 g/mol. The molecule has 0 aliphatic heterocycles. The van der Waals surface area contributed by atoms with Gasteiger partial charge in [-0.3, -0.25) is 14.4 Å². The van der Waals surface area contributed by atoms with Crippen LogP contribution in [0.5, 0.6) is 5.75 Å². The Bertz CT molecular complexity index is 1870. The average molecular weight is 662 g/mol. The fourth-order valence-electron chi connectivity index (χ4n) is 4.59. The molecule has 1 unspecified atom stereocenters. The number of carbonyl (C=O) groups excluding carboxylic acids is 3. The fraction of sp³-hybridized carbons (Fsp3) is 0.0789. The summed E-state index contributed by atoms with van der Waals surface area (Å²) in [6.45, 7) is 2.44. The Labute approximate surface area is 283 Å². The van der Waals surface area contributed by atoms with Gasteiger partial charge in [-0.15, -0.1) is 11.8 Å². The summed E-state index contributed by atoms with van der Waals surface area (Å²) in [5.74, 6) is -0.447. The van der Waals surface area contributed by atoms with E-state index in [9.17, 15) is 14.4 Å². The predicted molar refractivity (Wildman–Crippen MR) is 190 cm³/mol. The SMILES string of the molecule is CCOc1ccc(/C=C(/NC(=O)c2ccccc2)C(=O)Nc2cccc(SC(C(=O)Nc3cccc(Cl)c3)c3ccccc3)c2)cc1. The minimum Gasteiger partial charge on any atom is -0.494 e. The molecule has 0 bridgehead atoms. The van der Waals surface area contributed by atoms with E-state index < -0.39 is 17.1 Å². The van der Waals surface area contributed by atoms with E-state index in [0.717, 1.165) is 10.5 Å². The van der Waals surface area contributed by atoms with Gasteiger partial charge < -0.3 is 20.7 Å². The van der Waals surface area contributed by atoms with Crippen molar-refractivity contribution in [3.05, 3.63) is 161 Å². The second-order valence-corrected chi connectivity index (χ2v) is 11.9. The number of nitrogens with one attached hydrogen (secondary N) is 3. The Morgan fingerprint density at radius 2 is 1.43 bits per heavy atom. The lowest BCUT2D eigenvalue weighted by Gasteiger charge is -2.18. The van der Waals surface area contributed by atoms with E-state index in [2.05, 4.69) is 16.0 Å². The van der Waals surface area contributed by atoms with Crippen LogP contribution < -0.4 is 20.7 Å². The van der Waals surface area contributed by atoms with E-state index in [1.54, 1.807) is 84.9 Å². The van der Waals surface area contributed by atoms with E-state index in [4.69, 9.17) is 16.3 Å². The van der Waals surface area contributed by atoms with Crippen LogP contribution in [0.25, 0.3) is 6.08 Å². The Hall–Kier alpha value is -5.31. The van der Waals surface area contributed by atoms with Gasteiger partial charge in [0.1, 0.15) is 16.7 Å². The molecule has 236 valence electrons. The summed E-state index contributed by atoms with van der Waals surface area (Å²) in [7, 11) is 0. The van der Waals surface area contributed by atoms with Crippen LogP contribution in [-0.2, 0) is 9.59 Å². The lowest BCUT2D eigenvalue weighted by molar-refractivity contribution is -0.116. The van der Waals surface area contributed by atoms with E-state index in [1.807, 2.05) is 61.5 Å². The topological polar surface area (TPSA) is 96.5 Å². The number of amides is 3. The summed E-state index contributed by atoms with van der Waals surface area (Å²) in [5, 5.41) is 8.55. The molecule has 5 aromatic carbocycles. The quantitative estimate of drug-likeness (QED) is 0.0919. The summed E-state index contributed by atoms with van der Waals surface area (Å²) < 4.78 is 5.53. The Balaban J connectivity index is 1.37. The molecule has 5 rings (SSSR count). The molecule has 5 aromatic rings. The van der Waals surface area contributed by atoms with Crippen molar-refractivity contribution in [2.75, 3.05) is 17.2 Å². The van der Waals surface area contributed by atoms with Crippen molar-refractivity contribution in [3.63, 3.8) is 0 Å². The molecule has 9 heteroatoms. The summed E-state index contributed by atoms with van der Waals surface area (Å²) in [6.07, 6.45) is 1.61.